The molecule has 160 valence electrons. The molecule has 5 rings (SSSR count). The van der Waals surface area contributed by atoms with Crippen LogP contribution in [0.15, 0.2) is 29.1 Å². The summed E-state index contributed by atoms with van der Waals surface area (Å²) in [4.78, 5) is 8.41. The smallest absolute Gasteiger partial charge is 0.146 e. The second-order valence-corrected chi connectivity index (χ2v) is 9.26. The molecular formula is C22H23BrN6O2. The zero-order valence-corrected chi connectivity index (χ0v) is 18.4. The average Bonchev–Trinajstić information content (AvgIpc) is 3.25. The molecule has 1 saturated carbocycles. The van der Waals surface area contributed by atoms with Gasteiger partial charge in [-0.3, -0.25) is 0 Å². The first-order valence-electron chi connectivity index (χ1n) is 10.4. The third-order valence-corrected chi connectivity index (χ3v) is 7.24. The van der Waals surface area contributed by atoms with Crippen molar-refractivity contribution in [3.63, 3.8) is 0 Å². The maximum atomic E-state index is 10.9. The van der Waals surface area contributed by atoms with Gasteiger partial charge < -0.3 is 25.8 Å². The molecule has 1 aromatic carbocycles. The molecule has 1 fully saturated rings. The van der Waals surface area contributed by atoms with Gasteiger partial charge in [0.05, 0.1) is 29.2 Å². The SMILES string of the molecule is N#Cc1cc2c(c(C[C@H]3C[C@@H](n4cc(Br)c5c(N)ncnc54)[C@H](O)[C@@H]3O)c1)CNCC2. The number of aliphatic hydroxyl groups excluding tert-OH is 2. The molecule has 31 heavy (non-hydrogen) atoms. The molecule has 9 heteroatoms. The molecule has 4 atom stereocenters. The number of nitrogen functional groups attached to an aromatic ring is 1. The Morgan fingerprint density at radius 2 is 2.13 bits per heavy atom. The molecule has 2 aromatic heterocycles. The number of hydrogen-bond donors (Lipinski definition) is 4. The van der Waals surface area contributed by atoms with Crippen molar-refractivity contribution in [2.45, 2.75) is 44.1 Å². The Kier molecular flexibility index (Phi) is 5.18. The minimum atomic E-state index is -0.934. The first-order valence-corrected chi connectivity index (χ1v) is 11.2. The molecule has 2 aliphatic rings. The van der Waals surface area contributed by atoms with Crippen LogP contribution in [0, 0.1) is 17.2 Å². The number of nitrogens with two attached hydrogens (primary N) is 1. The van der Waals surface area contributed by atoms with Crippen LogP contribution in [0.5, 0.6) is 0 Å². The Labute approximate surface area is 187 Å². The molecule has 8 nitrogen and oxygen atoms in total. The lowest BCUT2D eigenvalue weighted by molar-refractivity contribution is 0.00678. The summed E-state index contributed by atoms with van der Waals surface area (Å²) in [6.45, 7) is 1.66. The van der Waals surface area contributed by atoms with Crippen LogP contribution in [0.1, 0.15) is 34.7 Å². The van der Waals surface area contributed by atoms with Crippen LogP contribution >= 0.6 is 15.9 Å². The van der Waals surface area contributed by atoms with Crippen molar-refractivity contribution in [3.8, 4) is 6.07 Å². The summed E-state index contributed by atoms with van der Waals surface area (Å²) in [6.07, 6.45) is 3.52. The highest BCUT2D eigenvalue weighted by Gasteiger charge is 2.43. The van der Waals surface area contributed by atoms with E-state index in [2.05, 4.69) is 37.3 Å². The van der Waals surface area contributed by atoms with E-state index < -0.39 is 12.2 Å². The molecular weight excluding hydrogens is 460 g/mol. The quantitative estimate of drug-likeness (QED) is 0.447. The fraction of sp³-hybridized carbons (Fsp3) is 0.409. The van der Waals surface area contributed by atoms with Gasteiger partial charge in [0.25, 0.3) is 0 Å². The van der Waals surface area contributed by atoms with Gasteiger partial charge in [-0.1, -0.05) is 0 Å². The van der Waals surface area contributed by atoms with Crippen molar-refractivity contribution >= 4 is 32.8 Å². The van der Waals surface area contributed by atoms with Gasteiger partial charge in [-0.15, -0.1) is 0 Å². The van der Waals surface area contributed by atoms with Crippen LogP contribution < -0.4 is 11.1 Å². The maximum absolute atomic E-state index is 10.9. The van der Waals surface area contributed by atoms with E-state index in [1.165, 1.54) is 17.5 Å². The van der Waals surface area contributed by atoms with Gasteiger partial charge in [0.2, 0.25) is 0 Å². The lowest BCUT2D eigenvalue weighted by Crippen LogP contribution is -2.30. The summed E-state index contributed by atoms with van der Waals surface area (Å²) in [7, 11) is 0. The van der Waals surface area contributed by atoms with E-state index in [1.807, 2.05) is 22.9 Å². The Balaban J connectivity index is 1.48. The van der Waals surface area contributed by atoms with Gasteiger partial charge in [0, 0.05) is 17.2 Å². The molecule has 5 N–H and O–H groups in total. The average molecular weight is 483 g/mol. The first kappa shape index (κ1) is 20.4. The fourth-order valence-corrected chi connectivity index (χ4v) is 5.71. The summed E-state index contributed by atoms with van der Waals surface area (Å²) in [6, 6.07) is 5.81. The van der Waals surface area contributed by atoms with Crippen LogP contribution in [-0.4, -0.2) is 43.5 Å². The standard InChI is InChI=1S/C22H23BrN6O2/c23-16-9-29(22-18(16)21(25)27-10-28-22)17-6-14(19(30)20(17)31)5-13-4-11(7-24)3-12-1-2-26-8-15(12)13/h3-4,9-10,14,17,19-20,26,30-31H,1-2,5-6,8H2,(H2,25,27,28)/t14-,17+,19+,20-/m0/s1. The van der Waals surface area contributed by atoms with Gasteiger partial charge >= 0.3 is 0 Å². The number of nitrogens with one attached hydrogen (secondary N) is 1. The molecule has 1 aliphatic carbocycles. The molecule has 0 spiro atoms. The van der Waals surface area contributed by atoms with Gasteiger partial charge in [-0.05, 0) is 76.5 Å². The third kappa shape index (κ3) is 3.40. The number of fused-ring (bicyclic) bond motifs is 2. The minimum Gasteiger partial charge on any atom is -0.390 e. The van der Waals surface area contributed by atoms with Gasteiger partial charge in [0.15, 0.2) is 0 Å². The molecule has 0 saturated heterocycles. The van der Waals surface area contributed by atoms with Crippen molar-refractivity contribution in [1.29, 1.82) is 5.26 Å². The van der Waals surface area contributed by atoms with Gasteiger partial charge in [-0.25, -0.2) is 9.97 Å². The number of rotatable bonds is 3. The van der Waals surface area contributed by atoms with Crippen molar-refractivity contribution in [2.75, 3.05) is 12.3 Å². The lowest BCUT2D eigenvalue weighted by Gasteiger charge is -2.23. The van der Waals surface area contributed by atoms with Crippen LogP contribution in [0.4, 0.5) is 5.82 Å². The zero-order chi connectivity index (χ0) is 21.7. The van der Waals surface area contributed by atoms with E-state index in [9.17, 15) is 15.5 Å². The second kappa shape index (κ2) is 7.88. The third-order valence-electron chi connectivity index (χ3n) is 6.64. The molecule has 0 unspecified atom stereocenters. The van der Waals surface area contributed by atoms with Gasteiger partial charge in [0.1, 0.15) is 23.9 Å². The predicted molar refractivity (Wildman–Crippen MR) is 119 cm³/mol. The van der Waals surface area contributed by atoms with Crippen LogP contribution in [0.3, 0.4) is 0 Å². The highest BCUT2D eigenvalue weighted by molar-refractivity contribution is 9.10. The molecule has 3 aromatic rings. The Bertz CT molecular complexity index is 1200. The predicted octanol–water partition coefficient (Wildman–Crippen LogP) is 1.82. The van der Waals surface area contributed by atoms with E-state index in [4.69, 9.17) is 5.73 Å². The zero-order valence-electron chi connectivity index (χ0n) is 16.8. The number of aliphatic hydroxyl groups is 2. The normalized spacial score (nSPS) is 25.5. The molecule has 3 heterocycles. The van der Waals surface area contributed by atoms with E-state index in [0.717, 1.165) is 29.5 Å². The lowest BCUT2D eigenvalue weighted by atomic mass is 9.87. The van der Waals surface area contributed by atoms with Crippen LogP contribution in [-0.2, 0) is 19.4 Å². The number of halogens is 1. The van der Waals surface area contributed by atoms with Gasteiger partial charge in [-0.2, -0.15) is 5.26 Å². The fourth-order valence-electron chi connectivity index (χ4n) is 5.11. The largest absolute Gasteiger partial charge is 0.390 e. The Morgan fingerprint density at radius 3 is 2.94 bits per heavy atom. The van der Waals surface area contributed by atoms with E-state index in [1.54, 1.807) is 0 Å². The van der Waals surface area contributed by atoms with Crippen molar-refractivity contribution in [1.82, 2.24) is 19.9 Å². The highest BCUT2D eigenvalue weighted by atomic mass is 79.9. The van der Waals surface area contributed by atoms with Crippen molar-refractivity contribution in [3.05, 3.63) is 51.4 Å². The number of aromatic nitrogens is 3. The number of anilines is 1. The highest BCUT2D eigenvalue weighted by Crippen LogP contribution is 2.41. The summed E-state index contributed by atoms with van der Waals surface area (Å²) in [5.41, 5.74) is 10.8. The summed E-state index contributed by atoms with van der Waals surface area (Å²) >= 11 is 3.51. The molecule has 0 radical (unpaired) electrons. The topological polar surface area (TPSA) is 133 Å². The minimum absolute atomic E-state index is 0.143. The first-order chi connectivity index (χ1) is 15.0. The molecule has 1 aliphatic heterocycles. The molecule has 0 bridgehead atoms. The Hall–Kier alpha value is -2.51. The Morgan fingerprint density at radius 1 is 1.29 bits per heavy atom. The van der Waals surface area contributed by atoms with E-state index >= 15 is 0 Å². The summed E-state index contributed by atoms with van der Waals surface area (Å²) in [5.74, 6) is 0.225. The second-order valence-electron chi connectivity index (χ2n) is 8.40. The van der Waals surface area contributed by atoms with Crippen LogP contribution in [0.25, 0.3) is 11.0 Å². The van der Waals surface area contributed by atoms with E-state index in [0.29, 0.717) is 35.3 Å². The van der Waals surface area contributed by atoms with Crippen molar-refractivity contribution < 1.29 is 10.2 Å². The van der Waals surface area contributed by atoms with Crippen molar-refractivity contribution in [2.24, 2.45) is 5.92 Å². The molecule has 0 amide bonds. The number of benzene rings is 1. The summed E-state index contributed by atoms with van der Waals surface area (Å²) < 4.78 is 2.64. The number of nitrogens with zero attached hydrogens (tertiary/aromatic N) is 4. The number of nitriles is 1. The monoisotopic (exact) mass is 482 g/mol. The maximum Gasteiger partial charge on any atom is 0.146 e. The van der Waals surface area contributed by atoms with E-state index in [-0.39, 0.29) is 12.0 Å². The van der Waals surface area contributed by atoms with Crippen LogP contribution in [0.2, 0.25) is 0 Å². The number of hydrogen-bond acceptors (Lipinski definition) is 7. The summed E-state index contributed by atoms with van der Waals surface area (Å²) in [5, 5.41) is 35.4.